The first kappa shape index (κ1) is 14.0. The van der Waals surface area contributed by atoms with Crippen LogP contribution in [0.3, 0.4) is 0 Å². The third kappa shape index (κ3) is 2.94. The minimum atomic E-state index is -0.381. The molecule has 98 valence electrons. The minimum Gasteiger partial charge on any atom is -0.335 e. The normalized spacial score (nSPS) is 15.3. The smallest absolute Gasteiger partial charge is 0.255 e. The largest absolute Gasteiger partial charge is 0.335 e. The summed E-state index contributed by atoms with van der Waals surface area (Å²) in [7, 11) is 0. The quantitative estimate of drug-likeness (QED) is 0.725. The Bertz CT molecular complexity index is 449. The highest BCUT2D eigenvalue weighted by Crippen LogP contribution is 2.28. The summed E-state index contributed by atoms with van der Waals surface area (Å²) in [5.74, 6) is -0.473. The van der Waals surface area contributed by atoms with Crippen molar-refractivity contribution in [3.63, 3.8) is 0 Å². The van der Waals surface area contributed by atoms with Gasteiger partial charge in [-0.15, -0.1) is 0 Å². The van der Waals surface area contributed by atoms with Gasteiger partial charge in [-0.3, -0.25) is 4.79 Å². The second kappa shape index (κ2) is 6.15. The lowest BCUT2D eigenvalue weighted by molar-refractivity contribution is 0.0598. The predicted molar refractivity (Wildman–Crippen MR) is 76.6 cm³/mol. The Balaban J connectivity index is 2.23. The Morgan fingerprint density at radius 3 is 2.72 bits per heavy atom. The molecule has 0 aromatic heterocycles. The standard InChI is InChI=1S/C13H14Br2FNO/c14-6-7-17(10-2-1-3-10)13(18)11-8-9(16)4-5-12(11)15/h4-5,8,10H,1-3,6-7H2. The molecule has 0 aliphatic heterocycles. The molecule has 0 atom stereocenters. The van der Waals surface area contributed by atoms with E-state index in [2.05, 4.69) is 31.9 Å². The van der Waals surface area contributed by atoms with E-state index in [-0.39, 0.29) is 11.7 Å². The number of hydrogen-bond acceptors (Lipinski definition) is 1. The fourth-order valence-electron chi connectivity index (χ4n) is 2.06. The molecule has 0 radical (unpaired) electrons. The van der Waals surface area contributed by atoms with E-state index in [0.29, 0.717) is 22.6 Å². The van der Waals surface area contributed by atoms with Crippen molar-refractivity contribution in [3.8, 4) is 0 Å². The molecule has 18 heavy (non-hydrogen) atoms. The van der Waals surface area contributed by atoms with Crippen LogP contribution in [0.4, 0.5) is 4.39 Å². The van der Waals surface area contributed by atoms with Gasteiger partial charge < -0.3 is 4.90 Å². The van der Waals surface area contributed by atoms with Gasteiger partial charge in [-0.2, -0.15) is 0 Å². The molecule has 0 unspecified atom stereocenters. The average molecular weight is 379 g/mol. The van der Waals surface area contributed by atoms with E-state index in [4.69, 9.17) is 0 Å². The molecule has 0 heterocycles. The Kier molecular flexibility index (Phi) is 4.78. The maximum Gasteiger partial charge on any atom is 0.255 e. The van der Waals surface area contributed by atoms with Gasteiger partial charge in [0.15, 0.2) is 0 Å². The van der Waals surface area contributed by atoms with Crippen molar-refractivity contribution in [1.82, 2.24) is 4.90 Å². The maximum absolute atomic E-state index is 13.3. The van der Waals surface area contributed by atoms with E-state index < -0.39 is 0 Å². The van der Waals surface area contributed by atoms with Gasteiger partial charge in [0.05, 0.1) is 5.56 Å². The van der Waals surface area contributed by atoms with Crippen LogP contribution in [-0.2, 0) is 0 Å². The number of nitrogens with zero attached hydrogens (tertiary/aromatic N) is 1. The average Bonchev–Trinajstić information content (AvgIpc) is 2.28. The molecule has 1 aromatic carbocycles. The van der Waals surface area contributed by atoms with E-state index in [0.717, 1.165) is 18.2 Å². The van der Waals surface area contributed by atoms with Gasteiger partial charge in [0.1, 0.15) is 5.82 Å². The third-order valence-electron chi connectivity index (χ3n) is 3.26. The van der Waals surface area contributed by atoms with Gasteiger partial charge in [0.2, 0.25) is 0 Å². The summed E-state index contributed by atoms with van der Waals surface area (Å²) in [6.45, 7) is 0.659. The SMILES string of the molecule is O=C(c1cc(F)ccc1Br)N(CCBr)C1CCC1. The van der Waals surface area contributed by atoms with E-state index in [1.54, 1.807) is 6.07 Å². The van der Waals surface area contributed by atoms with Crippen LogP contribution in [0.5, 0.6) is 0 Å². The summed E-state index contributed by atoms with van der Waals surface area (Å²) in [6, 6.07) is 4.53. The summed E-state index contributed by atoms with van der Waals surface area (Å²) < 4.78 is 13.9. The fraction of sp³-hybridized carbons (Fsp3) is 0.462. The molecule has 5 heteroatoms. The maximum atomic E-state index is 13.3. The zero-order valence-corrected chi connectivity index (χ0v) is 13.0. The van der Waals surface area contributed by atoms with Gasteiger partial charge in [0.25, 0.3) is 5.91 Å². The van der Waals surface area contributed by atoms with Crippen LogP contribution in [0.15, 0.2) is 22.7 Å². The van der Waals surface area contributed by atoms with E-state index in [9.17, 15) is 9.18 Å². The monoisotopic (exact) mass is 377 g/mol. The van der Waals surface area contributed by atoms with Crippen LogP contribution in [0.2, 0.25) is 0 Å². The first-order valence-corrected chi connectivity index (χ1v) is 7.87. The molecule has 2 rings (SSSR count). The van der Waals surface area contributed by atoms with Crippen LogP contribution in [0, 0.1) is 5.82 Å². The van der Waals surface area contributed by atoms with Crippen LogP contribution >= 0.6 is 31.9 Å². The van der Waals surface area contributed by atoms with Crippen LogP contribution in [-0.4, -0.2) is 28.7 Å². The fourth-order valence-corrected chi connectivity index (χ4v) is 2.85. The summed E-state index contributed by atoms with van der Waals surface area (Å²) in [5, 5.41) is 0.738. The van der Waals surface area contributed by atoms with Crippen molar-refractivity contribution in [2.75, 3.05) is 11.9 Å². The molecule has 0 saturated heterocycles. The van der Waals surface area contributed by atoms with Gasteiger partial charge in [-0.05, 0) is 53.4 Å². The van der Waals surface area contributed by atoms with Gasteiger partial charge >= 0.3 is 0 Å². The lowest BCUT2D eigenvalue weighted by atomic mass is 9.91. The lowest BCUT2D eigenvalue weighted by Crippen LogP contribution is -2.45. The minimum absolute atomic E-state index is 0.0921. The molecule has 1 amide bonds. The van der Waals surface area contributed by atoms with Crippen LogP contribution < -0.4 is 0 Å². The Hall–Kier alpha value is -0.420. The molecule has 1 aliphatic carbocycles. The Morgan fingerprint density at radius 1 is 1.44 bits per heavy atom. The lowest BCUT2D eigenvalue weighted by Gasteiger charge is -2.37. The molecule has 1 aliphatic rings. The van der Waals surface area contributed by atoms with Crippen molar-refractivity contribution < 1.29 is 9.18 Å². The Labute approximate surface area is 123 Å². The zero-order chi connectivity index (χ0) is 13.1. The zero-order valence-electron chi connectivity index (χ0n) is 9.83. The number of benzene rings is 1. The van der Waals surface area contributed by atoms with E-state index in [1.807, 2.05) is 4.90 Å². The highest BCUT2D eigenvalue weighted by Gasteiger charge is 2.29. The summed E-state index contributed by atoms with van der Waals surface area (Å²) in [4.78, 5) is 14.3. The van der Waals surface area contributed by atoms with E-state index in [1.165, 1.54) is 18.6 Å². The molecule has 1 fully saturated rings. The molecule has 1 aromatic rings. The number of carbonyl (C=O) groups is 1. The van der Waals surface area contributed by atoms with Crippen LogP contribution in [0.1, 0.15) is 29.6 Å². The second-order valence-electron chi connectivity index (χ2n) is 4.40. The number of amides is 1. The second-order valence-corrected chi connectivity index (χ2v) is 6.04. The summed E-state index contributed by atoms with van der Waals surface area (Å²) in [5.41, 5.74) is 0.405. The molecular weight excluding hydrogens is 365 g/mol. The number of alkyl halides is 1. The van der Waals surface area contributed by atoms with Gasteiger partial charge in [-0.25, -0.2) is 4.39 Å². The van der Waals surface area contributed by atoms with Crippen molar-refractivity contribution in [3.05, 3.63) is 34.1 Å². The molecule has 1 saturated carbocycles. The van der Waals surface area contributed by atoms with Crippen molar-refractivity contribution >= 4 is 37.8 Å². The van der Waals surface area contributed by atoms with Gasteiger partial charge in [-0.1, -0.05) is 15.9 Å². The first-order valence-electron chi connectivity index (χ1n) is 5.95. The first-order chi connectivity index (χ1) is 8.63. The molecule has 0 N–H and O–H groups in total. The molecule has 2 nitrogen and oxygen atoms in total. The molecular formula is C13H14Br2FNO. The third-order valence-corrected chi connectivity index (χ3v) is 4.31. The molecule has 0 spiro atoms. The predicted octanol–water partition coefficient (Wildman–Crippen LogP) is 3.98. The highest BCUT2D eigenvalue weighted by atomic mass is 79.9. The number of halogens is 3. The number of rotatable bonds is 4. The number of hydrogen-bond donors (Lipinski definition) is 0. The summed E-state index contributed by atoms with van der Waals surface area (Å²) >= 11 is 6.68. The Morgan fingerprint density at radius 2 is 2.17 bits per heavy atom. The number of carbonyl (C=O) groups excluding carboxylic acids is 1. The van der Waals surface area contributed by atoms with Gasteiger partial charge in [0, 0.05) is 22.4 Å². The van der Waals surface area contributed by atoms with Crippen molar-refractivity contribution in [2.24, 2.45) is 0 Å². The highest BCUT2D eigenvalue weighted by molar-refractivity contribution is 9.10. The van der Waals surface area contributed by atoms with E-state index >= 15 is 0 Å². The van der Waals surface area contributed by atoms with Crippen molar-refractivity contribution in [2.45, 2.75) is 25.3 Å². The van der Waals surface area contributed by atoms with Crippen molar-refractivity contribution in [1.29, 1.82) is 0 Å². The topological polar surface area (TPSA) is 20.3 Å². The molecule has 0 bridgehead atoms. The van der Waals surface area contributed by atoms with Crippen LogP contribution in [0.25, 0.3) is 0 Å². The summed E-state index contributed by atoms with van der Waals surface area (Å²) in [6.07, 6.45) is 3.26.